The molecule has 1 aliphatic heterocycles. The number of aromatic nitrogens is 3. The molecule has 2 aromatic carbocycles. The Balaban J connectivity index is 1.33. The average Bonchev–Trinajstić information content (AvgIpc) is 3.16. The number of piperazine rings is 1. The van der Waals surface area contributed by atoms with E-state index in [1.165, 1.54) is 0 Å². The smallest absolute Gasteiger partial charge is 0.229 e. The molecule has 2 aromatic heterocycles. The first-order chi connectivity index (χ1) is 14.6. The van der Waals surface area contributed by atoms with Gasteiger partial charge in [-0.25, -0.2) is 9.97 Å². The van der Waals surface area contributed by atoms with Crippen LogP contribution in [0.15, 0.2) is 54.9 Å². The fourth-order valence-corrected chi connectivity index (χ4v) is 4.33. The van der Waals surface area contributed by atoms with Crippen molar-refractivity contribution in [3.05, 3.63) is 65.4 Å². The Labute approximate surface area is 179 Å². The molecule has 5 rings (SSSR count). The van der Waals surface area contributed by atoms with E-state index in [2.05, 4.69) is 32.0 Å². The Morgan fingerprint density at radius 3 is 2.53 bits per heavy atom. The second kappa shape index (κ2) is 7.61. The molecule has 1 aliphatic rings. The number of fused-ring (bicyclic) bond motifs is 3. The van der Waals surface area contributed by atoms with E-state index in [0.717, 1.165) is 51.4 Å². The standard InChI is InChI=1S/C23H22ClN5O/c1-15(22(30)28-9-11-29(12-10-28)23-25-7-2-8-26-23)16-3-5-18-19-14-17(24)4-6-20(19)27-21(18)13-16/h2-8,13-15,27H,9-12H2,1H3/t15-/m1/s1. The molecular weight excluding hydrogens is 398 g/mol. The molecule has 1 amide bonds. The minimum atomic E-state index is -0.205. The van der Waals surface area contributed by atoms with Gasteiger partial charge in [0.05, 0.1) is 5.92 Å². The monoisotopic (exact) mass is 419 g/mol. The highest BCUT2D eigenvalue weighted by atomic mass is 35.5. The zero-order chi connectivity index (χ0) is 20.7. The van der Waals surface area contributed by atoms with Crippen molar-refractivity contribution in [2.45, 2.75) is 12.8 Å². The van der Waals surface area contributed by atoms with Crippen LogP contribution in [-0.4, -0.2) is 51.9 Å². The van der Waals surface area contributed by atoms with Gasteiger partial charge in [0.1, 0.15) is 0 Å². The van der Waals surface area contributed by atoms with E-state index in [1.54, 1.807) is 12.4 Å². The van der Waals surface area contributed by atoms with Crippen molar-refractivity contribution in [1.29, 1.82) is 0 Å². The molecule has 30 heavy (non-hydrogen) atoms. The second-order valence-electron chi connectivity index (χ2n) is 7.70. The molecule has 6 nitrogen and oxygen atoms in total. The number of H-pyrrole nitrogens is 1. The molecule has 0 radical (unpaired) electrons. The van der Waals surface area contributed by atoms with Gasteiger partial charge in [-0.05, 0) is 42.8 Å². The second-order valence-corrected chi connectivity index (χ2v) is 8.14. The van der Waals surface area contributed by atoms with Gasteiger partial charge in [0.2, 0.25) is 11.9 Å². The lowest BCUT2D eigenvalue weighted by Crippen LogP contribution is -2.50. The van der Waals surface area contributed by atoms with Crippen molar-refractivity contribution in [1.82, 2.24) is 19.9 Å². The summed E-state index contributed by atoms with van der Waals surface area (Å²) in [5.74, 6) is 0.674. The molecule has 7 heteroatoms. The molecule has 1 fully saturated rings. The maximum absolute atomic E-state index is 13.1. The molecule has 0 spiro atoms. The predicted molar refractivity (Wildman–Crippen MR) is 120 cm³/mol. The first-order valence-electron chi connectivity index (χ1n) is 10.1. The van der Waals surface area contributed by atoms with Crippen LogP contribution in [0.3, 0.4) is 0 Å². The number of nitrogens with one attached hydrogen (secondary N) is 1. The molecule has 0 saturated carbocycles. The Morgan fingerprint density at radius 1 is 1.00 bits per heavy atom. The fourth-order valence-electron chi connectivity index (χ4n) is 4.16. The summed E-state index contributed by atoms with van der Waals surface area (Å²) in [6.45, 7) is 4.81. The van der Waals surface area contributed by atoms with Crippen molar-refractivity contribution in [3.8, 4) is 0 Å². The van der Waals surface area contributed by atoms with Crippen LogP contribution in [0.1, 0.15) is 18.4 Å². The number of carbonyl (C=O) groups is 1. The number of nitrogens with zero attached hydrogens (tertiary/aromatic N) is 4. The molecule has 0 bridgehead atoms. The lowest BCUT2D eigenvalue weighted by molar-refractivity contribution is -0.132. The predicted octanol–water partition coefficient (Wildman–Crippen LogP) is 4.22. The van der Waals surface area contributed by atoms with Crippen LogP contribution in [0.25, 0.3) is 21.8 Å². The van der Waals surface area contributed by atoms with Crippen molar-refractivity contribution >= 4 is 45.3 Å². The Hall–Kier alpha value is -3.12. The van der Waals surface area contributed by atoms with Gasteiger partial charge in [-0.15, -0.1) is 0 Å². The van der Waals surface area contributed by atoms with Gasteiger partial charge >= 0.3 is 0 Å². The maximum Gasteiger partial charge on any atom is 0.229 e. The Bertz CT molecular complexity index is 1210. The zero-order valence-corrected chi connectivity index (χ0v) is 17.4. The van der Waals surface area contributed by atoms with Crippen LogP contribution >= 0.6 is 11.6 Å². The topological polar surface area (TPSA) is 65.1 Å². The van der Waals surface area contributed by atoms with Crippen molar-refractivity contribution < 1.29 is 4.79 Å². The molecule has 3 heterocycles. The highest BCUT2D eigenvalue weighted by Gasteiger charge is 2.27. The van der Waals surface area contributed by atoms with E-state index in [1.807, 2.05) is 42.2 Å². The molecule has 1 saturated heterocycles. The van der Waals surface area contributed by atoms with Gasteiger partial charge in [0.15, 0.2) is 0 Å². The van der Waals surface area contributed by atoms with Crippen LogP contribution in [0.2, 0.25) is 5.02 Å². The Kier molecular flexibility index (Phi) is 4.79. The minimum absolute atomic E-state index is 0.155. The highest BCUT2D eigenvalue weighted by Crippen LogP contribution is 2.30. The Morgan fingerprint density at radius 2 is 1.77 bits per heavy atom. The normalized spacial score (nSPS) is 15.7. The van der Waals surface area contributed by atoms with Crippen molar-refractivity contribution in [3.63, 3.8) is 0 Å². The number of anilines is 1. The number of benzene rings is 2. The third kappa shape index (κ3) is 3.37. The lowest BCUT2D eigenvalue weighted by Gasteiger charge is -2.36. The molecule has 1 N–H and O–H groups in total. The van der Waals surface area contributed by atoms with E-state index >= 15 is 0 Å². The molecule has 0 unspecified atom stereocenters. The number of amides is 1. The highest BCUT2D eigenvalue weighted by molar-refractivity contribution is 6.31. The molecule has 4 aromatic rings. The van der Waals surface area contributed by atoms with Gasteiger partial charge in [-0.3, -0.25) is 4.79 Å². The number of hydrogen-bond acceptors (Lipinski definition) is 4. The number of rotatable bonds is 3. The summed E-state index contributed by atoms with van der Waals surface area (Å²) in [6.07, 6.45) is 3.49. The van der Waals surface area contributed by atoms with E-state index in [-0.39, 0.29) is 11.8 Å². The number of aromatic amines is 1. The summed E-state index contributed by atoms with van der Waals surface area (Å²) in [5.41, 5.74) is 3.08. The maximum atomic E-state index is 13.1. The van der Waals surface area contributed by atoms with E-state index in [4.69, 9.17) is 11.6 Å². The summed E-state index contributed by atoms with van der Waals surface area (Å²) >= 11 is 6.16. The minimum Gasteiger partial charge on any atom is -0.355 e. The zero-order valence-electron chi connectivity index (χ0n) is 16.7. The summed E-state index contributed by atoms with van der Waals surface area (Å²) in [5, 5.41) is 2.94. The summed E-state index contributed by atoms with van der Waals surface area (Å²) < 4.78 is 0. The van der Waals surface area contributed by atoms with E-state index in [9.17, 15) is 4.79 Å². The molecule has 0 aliphatic carbocycles. The summed E-state index contributed by atoms with van der Waals surface area (Å²) in [7, 11) is 0. The SMILES string of the molecule is C[C@@H](C(=O)N1CCN(c2ncccn2)CC1)c1ccc2c(c1)[nH]c1ccc(Cl)cc12. The van der Waals surface area contributed by atoms with Gasteiger partial charge in [0, 0.05) is 65.4 Å². The van der Waals surface area contributed by atoms with Crippen LogP contribution in [-0.2, 0) is 4.79 Å². The average molecular weight is 420 g/mol. The lowest BCUT2D eigenvalue weighted by atomic mass is 9.98. The fraction of sp³-hybridized carbons (Fsp3) is 0.261. The quantitative estimate of drug-likeness (QED) is 0.540. The molecule has 152 valence electrons. The van der Waals surface area contributed by atoms with Gasteiger partial charge in [-0.1, -0.05) is 23.7 Å². The van der Waals surface area contributed by atoms with Gasteiger partial charge in [0.25, 0.3) is 0 Å². The van der Waals surface area contributed by atoms with Crippen LogP contribution < -0.4 is 4.90 Å². The third-order valence-electron chi connectivity index (χ3n) is 5.88. The van der Waals surface area contributed by atoms with Gasteiger partial charge < -0.3 is 14.8 Å². The molecule has 1 atom stereocenters. The van der Waals surface area contributed by atoms with Crippen molar-refractivity contribution in [2.24, 2.45) is 0 Å². The van der Waals surface area contributed by atoms with Gasteiger partial charge in [-0.2, -0.15) is 0 Å². The first kappa shape index (κ1) is 18.9. The largest absolute Gasteiger partial charge is 0.355 e. The summed E-state index contributed by atoms with van der Waals surface area (Å²) in [4.78, 5) is 29.3. The summed E-state index contributed by atoms with van der Waals surface area (Å²) in [6, 6.07) is 13.9. The van der Waals surface area contributed by atoms with Crippen LogP contribution in [0.5, 0.6) is 0 Å². The van der Waals surface area contributed by atoms with Crippen molar-refractivity contribution in [2.75, 3.05) is 31.1 Å². The number of hydrogen-bond donors (Lipinski definition) is 1. The van der Waals surface area contributed by atoms with Crippen LogP contribution in [0.4, 0.5) is 5.95 Å². The number of halogens is 1. The van der Waals surface area contributed by atoms with E-state index < -0.39 is 0 Å². The number of carbonyl (C=O) groups excluding carboxylic acids is 1. The third-order valence-corrected chi connectivity index (χ3v) is 6.12. The first-order valence-corrected chi connectivity index (χ1v) is 10.5. The van der Waals surface area contributed by atoms with E-state index in [0.29, 0.717) is 13.1 Å². The molecular formula is C23H22ClN5O. The van der Waals surface area contributed by atoms with Crippen LogP contribution in [0, 0.1) is 0 Å².